The maximum absolute atomic E-state index is 12.8. The summed E-state index contributed by atoms with van der Waals surface area (Å²) in [5.41, 5.74) is 1.07. The largest absolute Gasteiger partial charge is 0.322 e. The standard InChI is InChI=1S/C22H25BrN2O3S/c1-14(20-13-15-6-7-16(20)12-15)25-29(27,28)18-10-8-17(9-11-18)24-22(26)19-4-2-3-5-21(19)23/h2-5,8-11,14-16,20,25H,6-7,12-13H2,1H3,(H,24,26). The zero-order valence-electron chi connectivity index (χ0n) is 16.3. The lowest BCUT2D eigenvalue weighted by Gasteiger charge is -2.28. The van der Waals surface area contributed by atoms with Gasteiger partial charge in [-0.3, -0.25) is 4.79 Å². The zero-order valence-corrected chi connectivity index (χ0v) is 18.7. The van der Waals surface area contributed by atoms with Gasteiger partial charge in [-0.1, -0.05) is 18.6 Å². The Bertz CT molecular complexity index is 1010. The van der Waals surface area contributed by atoms with Crippen molar-refractivity contribution in [3.63, 3.8) is 0 Å². The van der Waals surface area contributed by atoms with Gasteiger partial charge >= 0.3 is 0 Å². The summed E-state index contributed by atoms with van der Waals surface area (Å²) >= 11 is 3.36. The topological polar surface area (TPSA) is 75.3 Å². The van der Waals surface area contributed by atoms with Crippen LogP contribution in [0.15, 0.2) is 57.9 Å². The van der Waals surface area contributed by atoms with E-state index >= 15 is 0 Å². The van der Waals surface area contributed by atoms with Crippen LogP contribution in [0.25, 0.3) is 0 Å². The van der Waals surface area contributed by atoms with E-state index in [1.54, 1.807) is 30.3 Å². The summed E-state index contributed by atoms with van der Waals surface area (Å²) in [5.74, 6) is 1.62. The van der Waals surface area contributed by atoms with Crippen LogP contribution < -0.4 is 10.0 Å². The van der Waals surface area contributed by atoms with Gasteiger partial charge in [0, 0.05) is 16.2 Å². The van der Waals surface area contributed by atoms with E-state index in [1.807, 2.05) is 13.0 Å². The molecular weight excluding hydrogens is 452 g/mol. The third-order valence-electron chi connectivity index (χ3n) is 6.32. The monoisotopic (exact) mass is 476 g/mol. The van der Waals surface area contributed by atoms with E-state index in [0.29, 0.717) is 27.6 Å². The maximum atomic E-state index is 12.8. The summed E-state index contributed by atoms with van der Waals surface area (Å²) in [4.78, 5) is 12.6. The molecule has 5 nitrogen and oxygen atoms in total. The van der Waals surface area contributed by atoms with Crippen molar-refractivity contribution in [1.82, 2.24) is 4.72 Å². The van der Waals surface area contributed by atoms with Gasteiger partial charge in [0.05, 0.1) is 10.5 Å². The van der Waals surface area contributed by atoms with Crippen LogP contribution in [0, 0.1) is 17.8 Å². The number of halogens is 1. The number of benzene rings is 2. The number of amides is 1. The Hall–Kier alpha value is -1.70. The number of carbonyl (C=O) groups is 1. The quantitative estimate of drug-likeness (QED) is 0.628. The van der Waals surface area contributed by atoms with Gasteiger partial charge in [-0.15, -0.1) is 0 Å². The van der Waals surface area contributed by atoms with Crippen LogP contribution in [-0.4, -0.2) is 20.4 Å². The van der Waals surface area contributed by atoms with E-state index < -0.39 is 10.0 Å². The number of hydrogen-bond donors (Lipinski definition) is 2. The Labute approximate surface area is 180 Å². The Morgan fingerprint density at radius 3 is 2.41 bits per heavy atom. The first-order valence-electron chi connectivity index (χ1n) is 10.0. The summed E-state index contributed by atoms with van der Waals surface area (Å²) in [7, 11) is -3.59. The van der Waals surface area contributed by atoms with Crippen molar-refractivity contribution in [2.24, 2.45) is 17.8 Å². The molecule has 0 radical (unpaired) electrons. The van der Waals surface area contributed by atoms with Gasteiger partial charge in [0.1, 0.15) is 0 Å². The number of anilines is 1. The van der Waals surface area contributed by atoms with Crippen LogP contribution >= 0.6 is 15.9 Å². The predicted octanol–water partition coefficient (Wildman–Crippen LogP) is 4.80. The fourth-order valence-electron chi connectivity index (χ4n) is 4.87. The van der Waals surface area contributed by atoms with Crippen molar-refractivity contribution in [3.05, 3.63) is 58.6 Å². The molecule has 0 aliphatic heterocycles. The summed E-state index contributed by atoms with van der Waals surface area (Å²) < 4.78 is 29.2. The molecule has 2 aromatic carbocycles. The van der Waals surface area contributed by atoms with Crippen LogP contribution in [0.1, 0.15) is 43.0 Å². The summed E-state index contributed by atoms with van der Waals surface area (Å²) in [6.45, 7) is 1.98. The number of carbonyl (C=O) groups excluding carboxylic acids is 1. The van der Waals surface area contributed by atoms with Crippen molar-refractivity contribution in [3.8, 4) is 0 Å². The minimum absolute atomic E-state index is 0.0647. The van der Waals surface area contributed by atoms with Gasteiger partial charge in [-0.05, 0) is 96.3 Å². The molecule has 0 aromatic heterocycles. The van der Waals surface area contributed by atoms with E-state index in [4.69, 9.17) is 0 Å². The Kier molecular flexibility index (Phi) is 5.82. The lowest BCUT2D eigenvalue weighted by Crippen LogP contribution is -2.40. The lowest BCUT2D eigenvalue weighted by molar-refractivity contribution is 0.102. The molecule has 2 aromatic rings. The van der Waals surface area contributed by atoms with E-state index in [2.05, 4.69) is 26.0 Å². The second-order valence-corrected chi connectivity index (χ2v) is 10.8. The van der Waals surface area contributed by atoms with Gasteiger partial charge < -0.3 is 5.32 Å². The molecule has 0 saturated heterocycles. The summed E-state index contributed by atoms with van der Waals surface area (Å²) in [6.07, 6.45) is 4.91. The molecule has 2 saturated carbocycles. The summed E-state index contributed by atoms with van der Waals surface area (Å²) in [6, 6.07) is 13.4. The van der Waals surface area contributed by atoms with Crippen molar-refractivity contribution < 1.29 is 13.2 Å². The molecular formula is C22H25BrN2O3S. The van der Waals surface area contributed by atoms with Crippen molar-refractivity contribution >= 4 is 37.5 Å². The molecule has 2 bridgehead atoms. The normalized spacial score (nSPS) is 24.4. The Morgan fingerprint density at radius 2 is 1.79 bits per heavy atom. The maximum Gasteiger partial charge on any atom is 0.256 e. The fraction of sp³-hybridized carbons (Fsp3) is 0.409. The van der Waals surface area contributed by atoms with Crippen LogP contribution in [-0.2, 0) is 10.0 Å². The zero-order chi connectivity index (χ0) is 20.6. The molecule has 7 heteroatoms. The van der Waals surface area contributed by atoms with Crippen molar-refractivity contribution in [2.45, 2.75) is 43.5 Å². The second kappa shape index (κ2) is 8.20. The molecule has 0 spiro atoms. The average Bonchev–Trinajstić information content (AvgIpc) is 3.32. The minimum atomic E-state index is -3.59. The molecule has 1 amide bonds. The summed E-state index contributed by atoms with van der Waals surface area (Å²) in [5, 5.41) is 2.80. The number of fused-ring (bicyclic) bond motifs is 2. The fourth-order valence-corrected chi connectivity index (χ4v) is 6.63. The van der Waals surface area contributed by atoms with Gasteiger partial charge in [-0.25, -0.2) is 13.1 Å². The first-order chi connectivity index (χ1) is 13.8. The molecule has 154 valence electrons. The molecule has 4 atom stereocenters. The second-order valence-electron chi connectivity index (χ2n) is 8.21. The van der Waals surface area contributed by atoms with E-state index in [0.717, 1.165) is 12.3 Å². The smallest absolute Gasteiger partial charge is 0.256 e. The molecule has 4 rings (SSSR count). The molecule has 0 heterocycles. The van der Waals surface area contributed by atoms with Gasteiger partial charge in [0.2, 0.25) is 10.0 Å². The molecule has 2 fully saturated rings. The predicted molar refractivity (Wildman–Crippen MR) is 117 cm³/mol. The molecule has 2 aliphatic rings. The first kappa shape index (κ1) is 20.6. The molecule has 4 unspecified atom stereocenters. The lowest BCUT2D eigenvalue weighted by atomic mass is 9.84. The van der Waals surface area contributed by atoms with Crippen molar-refractivity contribution in [2.75, 3.05) is 5.32 Å². The third-order valence-corrected chi connectivity index (χ3v) is 8.58. The SMILES string of the molecule is CC(NS(=O)(=O)c1ccc(NC(=O)c2ccccc2Br)cc1)C1CC2CCC1C2. The van der Waals surface area contributed by atoms with E-state index in [9.17, 15) is 13.2 Å². The number of hydrogen-bond acceptors (Lipinski definition) is 3. The van der Waals surface area contributed by atoms with E-state index in [1.165, 1.54) is 31.4 Å². The average molecular weight is 477 g/mol. The Balaban J connectivity index is 1.41. The van der Waals surface area contributed by atoms with Crippen LogP contribution in [0.4, 0.5) is 5.69 Å². The van der Waals surface area contributed by atoms with Crippen LogP contribution in [0.5, 0.6) is 0 Å². The highest BCUT2D eigenvalue weighted by Gasteiger charge is 2.42. The first-order valence-corrected chi connectivity index (χ1v) is 12.3. The van der Waals surface area contributed by atoms with Gasteiger partial charge in [0.15, 0.2) is 0 Å². The number of sulfonamides is 1. The number of rotatable bonds is 6. The van der Waals surface area contributed by atoms with Gasteiger partial charge in [-0.2, -0.15) is 0 Å². The van der Waals surface area contributed by atoms with E-state index in [-0.39, 0.29) is 16.8 Å². The van der Waals surface area contributed by atoms with Gasteiger partial charge in [0.25, 0.3) is 5.91 Å². The highest BCUT2D eigenvalue weighted by Crippen LogP contribution is 2.49. The molecule has 2 aliphatic carbocycles. The highest BCUT2D eigenvalue weighted by molar-refractivity contribution is 9.10. The number of nitrogens with one attached hydrogen (secondary N) is 2. The van der Waals surface area contributed by atoms with Crippen LogP contribution in [0.2, 0.25) is 0 Å². The van der Waals surface area contributed by atoms with Crippen molar-refractivity contribution in [1.29, 1.82) is 0 Å². The minimum Gasteiger partial charge on any atom is -0.322 e. The van der Waals surface area contributed by atoms with Crippen LogP contribution in [0.3, 0.4) is 0 Å². The third kappa shape index (κ3) is 4.42. The highest BCUT2D eigenvalue weighted by atomic mass is 79.9. The molecule has 2 N–H and O–H groups in total. The molecule has 29 heavy (non-hydrogen) atoms. The Morgan fingerprint density at radius 1 is 1.07 bits per heavy atom.